The SMILES string of the molecule is CC(=O)C1=C(C)NC(=S)C(C#N)[CH]1[AlH2]. The summed E-state index contributed by atoms with van der Waals surface area (Å²) in [6, 6.07) is 2.15. The van der Waals surface area contributed by atoms with Crippen molar-refractivity contribution in [2.75, 3.05) is 0 Å². The van der Waals surface area contributed by atoms with E-state index in [2.05, 4.69) is 11.4 Å². The number of Topliss-reactive ketones (excluding diaryl/α,β-unsaturated/α-hetero) is 1. The van der Waals surface area contributed by atoms with Crippen LogP contribution in [0.2, 0.25) is 4.78 Å². The molecule has 0 aliphatic carbocycles. The van der Waals surface area contributed by atoms with Crippen LogP contribution in [0.1, 0.15) is 13.8 Å². The van der Waals surface area contributed by atoms with Gasteiger partial charge in [-0.15, -0.1) is 0 Å². The average molecular weight is 222 g/mol. The molecule has 0 aromatic heterocycles. The predicted octanol–water partition coefficient (Wildman–Crippen LogP) is 0.341. The second kappa shape index (κ2) is 4.23. The Morgan fingerprint density at radius 1 is 1.71 bits per heavy atom. The molecule has 1 aliphatic rings. The Kier molecular flexibility index (Phi) is 3.44. The predicted molar refractivity (Wildman–Crippen MR) is 60.5 cm³/mol. The zero-order valence-electron chi connectivity index (χ0n) is 8.42. The van der Waals surface area contributed by atoms with Crippen molar-refractivity contribution in [2.24, 2.45) is 5.92 Å². The zero-order valence-corrected chi connectivity index (χ0v) is 11.2. The van der Waals surface area contributed by atoms with Crippen LogP contribution in [0.15, 0.2) is 11.3 Å². The lowest BCUT2D eigenvalue weighted by Crippen LogP contribution is -2.38. The van der Waals surface area contributed by atoms with Gasteiger partial charge < -0.3 is 5.32 Å². The van der Waals surface area contributed by atoms with Crippen molar-refractivity contribution in [3.05, 3.63) is 11.3 Å². The van der Waals surface area contributed by atoms with Gasteiger partial charge in [0.2, 0.25) is 16.3 Å². The number of nitrogens with zero attached hydrogens (tertiary/aromatic N) is 1. The standard InChI is InChI=1S/C9H9N2OS.Al.2H/c1-5-8(6(2)12)3-7(4-10)9(13)11-5;;;/h3,7H,1-2H3,(H,11,13);;;. The van der Waals surface area contributed by atoms with Crippen LogP contribution >= 0.6 is 12.2 Å². The lowest BCUT2D eigenvalue weighted by atomic mass is 9.92. The minimum atomic E-state index is -0.320. The molecule has 0 fully saturated rings. The first-order valence-corrected chi connectivity index (χ1v) is 5.97. The van der Waals surface area contributed by atoms with E-state index in [0.29, 0.717) is 4.99 Å². The summed E-state index contributed by atoms with van der Waals surface area (Å²) < 4.78 is 0.0336. The van der Waals surface area contributed by atoms with E-state index < -0.39 is 0 Å². The van der Waals surface area contributed by atoms with Crippen molar-refractivity contribution < 1.29 is 4.79 Å². The summed E-state index contributed by atoms with van der Waals surface area (Å²) in [5.41, 5.74) is 1.56. The Balaban J connectivity index is 3.17. The highest BCUT2D eigenvalue weighted by molar-refractivity contribution is 7.80. The highest BCUT2D eigenvalue weighted by atomic mass is 32.1. The van der Waals surface area contributed by atoms with Gasteiger partial charge in [0.1, 0.15) is 0 Å². The van der Waals surface area contributed by atoms with Gasteiger partial charge in [0, 0.05) is 11.3 Å². The fraction of sp³-hybridized carbons (Fsp3) is 0.444. The third kappa shape index (κ3) is 1.88. The molecule has 3 nitrogen and oxygen atoms in total. The maximum Gasteiger partial charge on any atom is 0.226 e. The number of ketones is 1. The Morgan fingerprint density at radius 2 is 2.29 bits per heavy atom. The number of nitrogens with one attached hydrogen (secondary N) is 1. The average Bonchev–Trinajstić information content (AvgIpc) is 2.02. The van der Waals surface area contributed by atoms with Crippen LogP contribution in [0.4, 0.5) is 0 Å². The molecule has 72 valence electrons. The smallest absolute Gasteiger partial charge is 0.226 e. The molecular formula is C9H11AlN2OS. The number of rotatable bonds is 1. The summed E-state index contributed by atoms with van der Waals surface area (Å²) in [6.07, 6.45) is 0. The summed E-state index contributed by atoms with van der Waals surface area (Å²) in [5, 5.41) is 11.9. The summed E-state index contributed by atoms with van der Waals surface area (Å²) in [6.45, 7) is 3.37. The Bertz CT molecular complexity index is 369. The lowest BCUT2D eigenvalue weighted by Gasteiger charge is -2.29. The fourth-order valence-corrected chi connectivity index (χ4v) is 3.79. The molecule has 0 amide bonds. The molecular weight excluding hydrogens is 211 g/mol. The van der Waals surface area contributed by atoms with Gasteiger partial charge in [-0.05, 0) is 18.6 Å². The second-order valence-corrected chi connectivity index (χ2v) is 5.16. The highest BCUT2D eigenvalue weighted by Crippen LogP contribution is 2.31. The third-order valence-electron chi connectivity index (χ3n) is 2.47. The molecule has 0 aromatic rings. The van der Waals surface area contributed by atoms with Crippen LogP contribution in [0.5, 0.6) is 0 Å². The maximum absolute atomic E-state index is 11.4. The van der Waals surface area contributed by atoms with E-state index in [0.717, 1.165) is 27.6 Å². The summed E-state index contributed by atoms with van der Waals surface area (Å²) in [4.78, 5) is 11.9. The minimum Gasteiger partial charge on any atom is -0.352 e. The lowest BCUT2D eigenvalue weighted by molar-refractivity contribution is -0.113. The molecule has 1 aliphatic heterocycles. The van der Waals surface area contributed by atoms with Crippen molar-refractivity contribution in [2.45, 2.75) is 18.6 Å². The number of carbonyl (C=O) groups excluding carboxylic acids is 1. The van der Waals surface area contributed by atoms with E-state index >= 15 is 0 Å². The largest absolute Gasteiger partial charge is 0.352 e. The molecule has 1 rings (SSSR count). The first-order valence-electron chi connectivity index (χ1n) is 4.41. The second-order valence-electron chi connectivity index (χ2n) is 3.48. The molecule has 0 bridgehead atoms. The van der Waals surface area contributed by atoms with Gasteiger partial charge in [-0.3, -0.25) is 4.79 Å². The van der Waals surface area contributed by atoms with E-state index in [1.54, 1.807) is 0 Å². The summed E-state index contributed by atoms with van der Waals surface area (Å²) >= 11 is 5.84. The van der Waals surface area contributed by atoms with Crippen molar-refractivity contribution in [3.63, 3.8) is 0 Å². The molecule has 2 atom stereocenters. The molecule has 0 spiro atoms. The monoisotopic (exact) mass is 222 g/mol. The van der Waals surface area contributed by atoms with Crippen molar-refractivity contribution in [1.82, 2.24) is 5.32 Å². The zero-order chi connectivity index (χ0) is 10.9. The molecule has 5 heteroatoms. The Labute approximate surface area is 96.6 Å². The third-order valence-corrected chi connectivity index (χ3v) is 4.07. The molecule has 0 radical (unpaired) electrons. The van der Waals surface area contributed by atoms with Gasteiger partial charge in [-0.1, -0.05) is 12.2 Å². The van der Waals surface area contributed by atoms with Gasteiger partial charge >= 0.3 is 0 Å². The molecule has 14 heavy (non-hydrogen) atoms. The number of carbonyl (C=O) groups is 1. The first kappa shape index (κ1) is 11.4. The number of hydrogen-bond donors (Lipinski definition) is 1. The van der Waals surface area contributed by atoms with E-state index in [9.17, 15) is 4.79 Å². The maximum atomic E-state index is 11.4. The van der Waals surface area contributed by atoms with Crippen molar-refractivity contribution in [1.29, 1.82) is 5.26 Å². The van der Waals surface area contributed by atoms with E-state index in [4.69, 9.17) is 17.5 Å². The van der Waals surface area contributed by atoms with E-state index in [1.165, 1.54) is 6.92 Å². The van der Waals surface area contributed by atoms with Gasteiger partial charge in [-0.25, -0.2) is 0 Å². The number of thiocarbonyl (C=S) groups is 1. The molecule has 1 N–H and O–H groups in total. The van der Waals surface area contributed by atoms with Crippen LogP contribution in [0, 0.1) is 17.2 Å². The quantitative estimate of drug-likeness (QED) is 0.513. The minimum absolute atomic E-state index is 0.0336. The van der Waals surface area contributed by atoms with Crippen LogP contribution in [-0.2, 0) is 4.79 Å². The number of nitriles is 1. The normalized spacial score (nSPS) is 26.8. The molecule has 0 aromatic carbocycles. The number of allylic oxidation sites excluding steroid dienone is 2. The summed E-state index contributed by atoms with van der Waals surface area (Å²) in [5.74, 6) is -0.281. The van der Waals surface area contributed by atoms with Gasteiger partial charge in [0.15, 0.2) is 5.78 Å². The molecule has 0 saturated heterocycles. The van der Waals surface area contributed by atoms with E-state index in [-0.39, 0.29) is 16.5 Å². The Hall–Kier alpha value is -0.678. The van der Waals surface area contributed by atoms with Crippen LogP contribution in [0.25, 0.3) is 0 Å². The fourth-order valence-electron chi connectivity index (χ4n) is 1.82. The molecule has 2 unspecified atom stereocenters. The molecule has 0 saturated carbocycles. The van der Waals surface area contributed by atoms with Gasteiger partial charge in [-0.2, -0.15) is 5.26 Å². The Morgan fingerprint density at radius 3 is 2.71 bits per heavy atom. The van der Waals surface area contributed by atoms with Crippen molar-refractivity contribution >= 4 is 39.3 Å². The topological polar surface area (TPSA) is 52.9 Å². The van der Waals surface area contributed by atoms with Crippen LogP contribution < -0.4 is 5.32 Å². The van der Waals surface area contributed by atoms with E-state index in [1.807, 2.05) is 6.92 Å². The van der Waals surface area contributed by atoms with Crippen LogP contribution in [0.3, 0.4) is 0 Å². The summed E-state index contributed by atoms with van der Waals surface area (Å²) in [7, 11) is 0. The van der Waals surface area contributed by atoms with Gasteiger partial charge in [0.05, 0.1) is 17.0 Å². The molecule has 1 heterocycles. The first-order chi connectivity index (χ1) is 6.49. The van der Waals surface area contributed by atoms with Crippen molar-refractivity contribution in [3.8, 4) is 6.07 Å². The van der Waals surface area contributed by atoms with Crippen LogP contribution in [-0.4, -0.2) is 27.1 Å². The number of hydrogen-bond acceptors (Lipinski definition) is 3. The van der Waals surface area contributed by atoms with Gasteiger partial charge in [0.25, 0.3) is 0 Å². The highest BCUT2D eigenvalue weighted by Gasteiger charge is 2.32.